The van der Waals surface area contributed by atoms with Gasteiger partial charge in [-0.15, -0.1) is 0 Å². The molecule has 3 rings (SSSR count). The van der Waals surface area contributed by atoms with Gasteiger partial charge in [-0.25, -0.2) is 4.68 Å². The molecule has 3 aromatic rings. The zero-order chi connectivity index (χ0) is 20.3. The fourth-order valence-corrected chi connectivity index (χ4v) is 2.57. The minimum Gasteiger partial charge on any atom is -0.295 e. The van der Waals surface area contributed by atoms with Crippen molar-refractivity contribution in [2.45, 2.75) is 13.1 Å². The van der Waals surface area contributed by atoms with E-state index in [1.165, 1.54) is 23.7 Å². The second-order valence-corrected chi connectivity index (χ2v) is 6.05. The number of ketones is 2. The summed E-state index contributed by atoms with van der Waals surface area (Å²) < 4.78 is 39.7. The van der Waals surface area contributed by atoms with Crippen LogP contribution in [0.5, 0.6) is 0 Å². The molecule has 0 fully saturated rings. The number of rotatable bonds is 5. The molecule has 0 aliphatic carbocycles. The highest BCUT2D eigenvalue weighted by Gasteiger charge is 2.30. The topological polar surface area (TPSA) is 52.0 Å². The highest BCUT2D eigenvalue weighted by Crippen LogP contribution is 2.30. The summed E-state index contributed by atoms with van der Waals surface area (Å²) >= 11 is 0. The summed E-state index contributed by atoms with van der Waals surface area (Å²) in [6.07, 6.45) is -2.20. The highest BCUT2D eigenvalue weighted by atomic mass is 19.4. The summed E-state index contributed by atoms with van der Waals surface area (Å²) in [5, 5.41) is 4.39. The molecule has 7 heteroatoms. The van der Waals surface area contributed by atoms with Crippen molar-refractivity contribution in [3.63, 3.8) is 0 Å². The van der Waals surface area contributed by atoms with Gasteiger partial charge in [0.2, 0.25) is 5.78 Å². The van der Waals surface area contributed by atoms with E-state index in [2.05, 4.69) is 5.10 Å². The van der Waals surface area contributed by atoms with Gasteiger partial charge in [-0.1, -0.05) is 30.3 Å². The SMILES string of the molecule is CC(=O)/C=C/C(=O)c1cc(-c2ccccc2)nn1-c1ccc(C(F)(F)F)cc1. The first-order valence-corrected chi connectivity index (χ1v) is 8.32. The molecule has 1 heterocycles. The van der Waals surface area contributed by atoms with E-state index in [0.717, 1.165) is 29.8 Å². The van der Waals surface area contributed by atoms with Crippen LogP contribution in [0.15, 0.2) is 72.8 Å². The molecule has 0 atom stereocenters. The Morgan fingerprint density at radius 1 is 0.964 bits per heavy atom. The lowest BCUT2D eigenvalue weighted by molar-refractivity contribution is -0.137. The Kier molecular flexibility index (Phi) is 5.26. The lowest BCUT2D eigenvalue weighted by Gasteiger charge is -2.09. The molecule has 0 spiro atoms. The molecule has 2 aromatic carbocycles. The largest absolute Gasteiger partial charge is 0.416 e. The minimum atomic E-state index is -4.46. The number of carbonyl (C=O) groups is 2. The van der Waals surface area contributed by atoms with Crippen LogP contribution in [0.25, 0.3) is 16.9 Å². The van der Waals surface area contributed by atoms with Crippen LogP contribution in [-0.2, 0) is 11.0 Å². The molecule has 0 aliphatic rings. The predicted molar refractivity (Wildman–Crippen MR) is 98.2 cm³/mol. The number of halogens is 3. The number of carbonyl (C=O) groups excluding carboxylic acids is 2. The molecular formula is C21H15F3N2O2. The third kappa shape index (κ3) is 4.25. The molecular weight excluding hydrogens is 369 g/mol. The van der Waals surface area contributed by atoms with Crippen LogP contribution < -0.4 is 0 Å². The van der Waals surface area contributed by atoms with Crippen LogP contribution in [0, 0.1) is 0 Å². The molecule has 0 aliphatic heterocycles. The van der Waals surface area contributed by atoms with Gasteiger partial charge in [-0.3, -0.25) is 9.59 Å². The molecule has 0 amide bonds. The van der Waals surface area contributed by atoms with E-state index in [4.69, 9.17) is 0 Å². The van der Waals surface area contributed by atoms with Gasteiger partial charge in [0.1, 0.15) is 5.69 Å². The van der Waals surface area contributed by atoms with E-state index < -0.39 is 17.5 Å². The van der Waals surface area contributed by atoms with Gasteiger partial charge in [0.05, 0.1) is 16.9 Å². The molecule has 28 heavy (non-hydrogen) atoms. The Hall–Kier alpha value is -3.48. The van der Waals surface area contributed by atoms with Gasteiger partial charge in [0.25, 0.3) is 0 Å². The van der Waals surface area contributed by atoms with Crippen molar-refractivity contribution in [2.24, 2.45) is 0 Å². The zero-order valence-corrected chi connectivity index (χ0v) is 14.8. The number of alkyl halides is 3. The summed E-state index contributed by atoms with van der Waals surface area (Å²) in [7, 11) is 0. The van der Waals surface area contributed by atoms with Gasteiger partial charge in [-0.05, 0) is 49.4 Å². The number of benzene rings is 2. The monoisotopic (exact) mass is 384 g/mol. The summed E-state index contributed by atoms with van der Waals surface area (Å²) in [4.78, 5) is 23.7. The smallest absolute Gasteiger partial charge is 0.295 e. The molecule has 0 radical (unpaired) electrons. The van der Waals surface area contributed by atoms with Crippen molar-refractivity contribution >= 4 is 11.6 Å². The molecule has 142 valence electrons. The number of hydrogen-bond donors (Lipinski definition) is 0. The number of aromatic nitrogens is 2. The maximum atomic E-state index is 12.8. The summed E-state index contributed by atoms with van der Waals surface area (Å²) in [5.41, 5.74) is 0.875. The van der Waals surface area contributed by atoms with Crippen molar-refractivity contribution in [1.82, 2.24) is 9.78 Å². The predicted octanol–water partition coefficient (Wildman–Crippen LogP) is 4.89. The van der Waals surface area contributed by atoms with E-state index in [1.807, 2.05) is 18.2 Å². The standard InChI is InChI=1S/C21H15F3N2O2/c1-14(27)7-12-20(28)19-13-18(15-5-3-2-4-6-15)25-26(19)17-10-8-16(9-11-17)21(22,23)24/h2-13H,1H3/b12-7+. The highest BCUT2D eigenvalue weighted by molar-refractivity contribution is 6.07. The van der Waals surface area contributed by atoms with E-state index in [1.54, 1.807) is 18.2 Å². The lowest BCUT2D eigenvalue weighted by atomic mass is 10.1. The number of nitrogens with zero attached hydrogens (tertiary/aromatic N) is 2. The lowest BCUT2D eigenvalue weighted by Crippen LogP contribution is -2.09. The molecule has 0 N–H and O–H groups in total. The van der Waals surface area contributed by atoms with E-state index in [0.29, 0.717) is 11.4 Å². The first-order chi connectivity index (χ1) is 13.3. The first-order valence-electron chi connectivity index (χ1n) is 8.32. The zero-order valence-electron chi connectivity index (χ0n) is 14.8. The van der Waals surface area contributed by atoms with Crippen LogP contribution in [0.1, 0.15) is 23.0 Å². The first kappa shape index (κ1) is 19.3. The molecule has 4 nitrogen and oxygen atoms in total. The van der Waals surface area contributed by atoms with Crippen molar-refractivity contribution in [3.8, 4) is 16.9 Å². The maximum Gasteiger partial charge on any atom is 0.416 e. The van der Waals surface area contributed by atoms with Crippen LogP contribution in [-0.4, -0.2) is 21.3 Å². The van der Waals surface area contributed by atoms with Crippen molar-refractivity contribution in [1.29, 1.82) is 0 Å². The van der Waals surface area contributed by atoms with Crippen LogP contribution >= 0.6 is 0 Å². The second-order valence-electron chi connectivity index (χ2n) is 6.05. The van der Waals surface area contributed by atoms with E-state index in [9.17, 15) is 22.8 Å². The molecule has 0 saturated carbocycles. The second kappa shape index (κ2) is 7.64. The molecule has 0 saturated heterocycles. The van der Waals surface area contributed by atoms with Gasteiger partial charge < -0.3 is 0 Å². The average Bonchev–Trinajstić information content (AvgIpc) is 3.12. The van der Waals surface area contributed by atoms with Crippen LogP contribution in [0.2, 0.25) is 0 Å². The van der Waals surface area contributed by atoms with Crippen molar-refractivity contribution in [2.75, 3.05) is 0 Å². The van der Waals surface area contributed by atoms with E-state index in [-0.39, 0.29) is 11.5 Å². The Balaban J connectivity index is 2.09. The van der Waals surface area contributed by atoms with Crippen molar-refractivity contribution < 1.29 is 22.8 Å². The van der Waals surface area contributed by atoms with Gasteiger partial charge in [0, 0.05) is 5.56 Å². The number of hydrogen-bond acceptors (Lipinski definition) is 3. The van der Waals surface area contributed by atoms with Crippen LogP contribution in [0.4, 0.5) is 13.2 Å². The average molecular weight is 384 g/mol. The number of allylic oxidation sites excluding steroid dienone is 2. The van der Waals surface area contributed by atoms with Gasteiger partial charge in [0.15, 0.2) is 5.78 Å². The maximum absolute atomic E-state index is 12.8. The third-order valence-corrected chi connectivity index (χ3v) is 3.94. The molecule has 0 bridgehead atoms. The van der Waals surface area contributed by atoms with Crippen LogP contribution in [0.3, 0.4) is 0 Å². The minimum absolute atomic E-state index is 0.135. The summed E-state index contributed by atoms with van der Waals surface area (Å²) in [5.74, 6) is -0.776. The van der Waals surface area contributed by atoms with Crippen molar-refractivity contribution in [3.05, 3.63) is 84.1 Å². The summed E-state index contributed by atoms with van der Waals surface area (Å²) in [6, 6.07) is 15.0. The van der Waals surface area contributed by atoms with Gasteiger partial charge in [-0.2, -0.15) is 18.3 Å². The Bertz CT molecular complexity index is 1030. The quantitative estimate of drug-likeness (QED) is 0.465. The van der Waals surface area contributed by atoms with E-state index >= 15 is 0 Å². The normalized spacial score (nSPS) is 11.7. The fourth-order valence-electron chi connectivity index (χ4n) is 2.57. The van der Waals surface area contributed by atoms with Gasteiger partial charge >= 0.3 is 6.18 Å². The third-order valence-electron chi connectivity index (χ3n) is 3.94. The molecule has 0 unspecified atom stereocenters. The Labute approximate surface area is 158 Å². The summed E-state index contributed by atoms with van der Waals surface area (Å²) in [6.45, 7) is 1.31. The molecule has 1 aromatic heterocycles. The fraction of sp³-hybridized carbons (Fsp3) is 0.0952. The Morgan fingerprint density at radius 3 is 2.18 bits per heavy atom. The Morgan fingerprint density at radius 2 is 1.61 bits per heavy atom.